The molecule has 1 saturated carbocycles. The molecule has 3 aromatic rings. The monoisotopic (exact) mass is 402 g/mol. The first-order chi connectivity index (χ1) is 14.0. The Morgan fingerprint density at radius 3 is 2.72 bits per heavy atom. The molecule has 2 aromatic heterocycles. The minimum atomic E-state index is -3.09. The Hall–Kier alpha value is -2.77. The molecule has 0 atom stereocenters. The summed E-state index contributed by atoms with van der Waals surface area (Å²) in [6.45, 7) is 1.57. The van der Waals surface area contributed by atoms with Crippen LogP contribution in [0.3, 0.4) is 0 Å². The molecule has 0 spiro atoms. The summed E-state index contributed by atoms with van der Waals surface area (Å²) in [6, 6.07) is 10.1. The van der Waals surface area contributed by atoms with Gasteiger partial charge >= 0.3 is 5.92 Å². The smallest absolute Gasteiger partial charge is 0.322 e. The molecule has 0 aliphatic heterocycles. The lowest BCUT2D eigenvalue weighted by Gasteiger charge is -2.07. The second kappa shape index (κ2) is 8.31. The molecule has 1 aliphatic carbocycles. The van der Waals surface area contributed by atoms with E-state index in [1.54, 1.807) is 0 Å². The molecular weight excluding hydrogens is 378 g/mol. The van der Waals surface area contributed by atoms with Crippen LogP contribution in [0.1, 0.15) is 62.4 Å². The fourth-order valence-electron chi connectivity index (χ4n) is 3.13. The van der Waals surface area contributed by atoms with Crippen molar-refractivity contribution in [2.24, 2.45) is 0 Å². The Morgan fingerprint density at radius 2 is 1.97 bits per heavy atom. The number of hydrogen-bond donors (Lipinski definition) is 1. The summed E-state index contributed by atoms with van der Waals surface area (Å²) in [5.41, 5.74) is 3.09. The molecule has 6 nitrogen and oxygen atoms in total. The zero-order chi connectivity index (χ0) is 20.3. The lowest BCUT2D eigenvalue weighted by Crippen LogP contribution is -2.07. The second-order valence-corrected chi connectivity index (χ2v) is 7.61. The van der Waals surface area contributed by atoms with Crippen molar-refractivity contribution in [3.05, 3.63) is 47.7 Å². The highest BCUT2D eigenvalue weighted by molar-refractivity contribution is 5.64. The third-order valence-corrected chi connectivity index (χ3v) is 4.92. The van der Waals surface area contributed by atoms with Crippen molar-refractivity contribution in [2.75, 3.05) is 11.9 Å². The molecule has 0 radical (unpaired) electrons. The van der Waals surface area contributed by atoms with Crippen LogP contribution in [0.25, 0.3) is 11.3 Å². The van der Waals surface area contributed by atoms with Gasteiger partial charge in [0.05, 0.1) is 5.69 Å². The molecule has 0 saturated heterocycles. The minimum Gasteiger partial charge on any atom is -0.385 e. The number of nitrogens with zero attached hydrogens (tertiary/aromatic N) is 3. The van der Waals surface area contributed by atoms with E-state index in [9.17, 15) is 8.78 Å². The van der Waals surface area contributed by atoms with Gasteiger partial charge in [0, 0.05) is 43.1 Å². The Morgan fingerprint density at radius 1 is 1.10 bits per heavy atom. The highest BCUT2D eigenvalue weighted by Crippen LogP contribution is 2.40. The van der Waals surface area contributed by atoms with Crippen LogP contribution in [0.2, 0.25) is 0 Å². The number of benzene rings is 1. The van der Waals surface area contributed by atoms with Crippen molar-refractivity contribution in [1.29, 1.82) is 0 Å². The molecule has 1 fully saturated rings. The summed E-state index contributed by atoms with van der Waals surface area (Å²) >= 11 is 0. The first-order valence-electron chi connectivity index (χ1n) is 10.0. The van der Waals surface area contributed by atoms with Crippen molar-refractivity contribution < 1.29 is 17.8 Å². The maximum absolute atomic E-state index is 13.1. The Labute approximate surface area is 167 Å². The maximum Gasteiger partial charge on any atom is 0.322 e. The van der Waals surface area contributed by atoms with E-state index in [4.69, 9.17) is 4.52 Å². The van der Waals surface area contributed by atoms with Crippen molar-refractivity contribution in [3.8, 4) is 11.3 Å². The van der Waals surface area contributed by atoms with Crippen LogP contribution in [-0.2, 0) is 12.3 Å². The molecule has 8 heteroatoms. The third-order valence-electron chi connectivity index (χ3n) is 4.92. The number of anilines is 1. The van der Waals surface area contributed by atoms with Crippen LogP contribution in [-0.4, -0.2) is 21.8 Å². The quantitative estimate of drug-likeness (QED) is 0.449. The summed E-state index contributed by atoms with van der Waals surface area (Å²) in [5.74, 6) is -2.00. The number of aromatic nitrogens is 3. The largest absolute Gasteiger partial charge is 0.385 e. The van der Waals surface area contributed by atoms with E-state index < -0.39 is 11.8 Å². The van der Waals surface area contributed by atoms with Gasteiger partial charge in [-0.25, -0.2) is 0 Å². The van der Waals surface area contributed by atoms with Crippen LogP contribution in [0, 0.1) is 0 Å². The minimum absolute atomic E-state index is 0.333. The standard InChI is InChI=1S/C21H24F2N4O2/c1-21(22,23)20-25-19(27-29-20)8-3-2-4-11-24-16-7-5-6-15(12-16)18-13-17(26-28-18)14-9-10-14/h5-7,12-14,24H,2-4,8-11H2,1H3. The molecule has 4 rings (SSSR count). The summed E-state index contributed by atoms with van der Waals surface area (Å²) in [7, 11) is 0. The fraction of sp³-hybridized carbons (Fsp3) is 0.476. The summed E-state index contributed by atoms with van der Waals surface area (Å²) in [5, 5.41) is 11.2. The molecule has 2 heterocycles. The zero-order valence-electron chi connectivity index (χ0n) is 16.3. The molecule has 0 bridgehead atoms. The van der Waals surface area contributed by atoms with Gasteiger partial charge in [0.25, 0.3) is 5.89 Å². The molecular formula is C21H24F2N4O2. The van der Waals surface area contributed by atoms with Gasteiger partial charge in [-0.1, -0.05) is 28.9 Å². The van der Waals surface area contributed by atoms with E-state index in [1.807, 2.05) is 24.3 Å². The Balaban J connectivity index is 1.19. The lowest BCUT2D eigenvalue weighted by atomic mass is 10.1. The second-order valence-electron chi connectivity index (χ2n) is 7.61. The highest BCUT2D eigenvalue weighted by Gasteiger charge is 2.32. The van der Waals surface area contributed by atoms with Gasteiger partial charge in [-0.05, 0) is 37.8 Å². The number of alkyl halides is 2. The van der Waals surface area contributed by atoms with Gasteiger partial charge in [0.15, 0.2) is 11.6 Å². The predicted octanol–water partition coefficient (Wildman–Crippen LogP) is 5.54. The van der Waals surface area contributed by atoms with Gasteiger partial charge < -0.3 is 14.4 Å². The molecule has 29 heavy (non-hydrogen) atoms. The highest BCUT2D eigenvalue weighted by atomic mass is 19.3. The van der Waals surface area contributed by atoms with Gasteiger partial charge in [0.2, 0.25) is 0 Å². The Kier molecular flexibility index (Phi) is 5.60. The van der Waals surface area contributed by atoms with Crippen molar-refractivity contribution >= 4 is 5.69 Å². The van der Waals surface area contributed by atoms with E-state index in [2.05, 4.69) is 31.2 Å². The number of nitrogens with one attached hydrogen (secondary N) is 1. The number of halogens is 2. The van der Waals surface area contributed by atoms with Crippen molar-refractivity contribution in [1.82, 2.24) is 15.3 Å². The number of rotatable bonds is 10. The van der Waals surface area contributed by atoms with Gasteiger partial charge in [-0.2, -0.15) is 13.8 Å². The van der Waals surface area contributed by atoms with E-state index >= 15 is 0 Å². The topological polar surface area (TPSA) is 77.0 Å². The number of unbranched alkanes of at least 4 members (excludes halogenated alkanes) is 2. The van der Waals surface area contributed by atoms with E-state index in [-0.39, 0.29) is 0 Å². The molecule has 0 unspecified atom stereocenters. The number of hydrogen-bond acceptors (Lipinski definition) is 6. The third kappa shape index (κ3) is 5.19. The van der Waals surface area contributed by atoms with E-state index in [0.717, 1.165) is 55.4 Å². The van der Waals surface area contributed by atoms with Crippen molar-refractivity contribution in [3.63, 3.8) is 0 Å². The molecule has 1 aliphatic rings. The maximum atomic E-state index is 13.1. The zero-order valence-corrected chi connectivity index (χ0v) is 16.3. The van der Waals surface area contributed by atoms with Crippen LogP contribution < -0.4 is 5.32 Å². The van der Waals surface area contributed by atoms with Crippen LogP contribution in [0.4, 0.5) is 14.5 Å². The summed E-state index contributed by atoms with van der Waals surface area (Å²) < 4.78 is 36.2. The van der Waals surface area contributed by atoms with E-state index in [1.165, 1.54) is 12.8 Å². The fourth-order valence-corrected chi connectivity index (χ4v) is 3.13. The average molecular weight is 402 g/mol. The van der Waals surface area contributed by atoms with Gasteiger partial charge in [-0.3, -0.25) is 0 Å². The number of aryl methyl sites for hydroxylation is 1. The normalized spacial score (nSPS) is 14.3. The summed E-state index contributed by atoms with van der Waals surface area (Å²) in [6.07, 6.45) is 5.64. The van der Waals surface area contributed by atoms with Gasteiger partial charge in [0.1, 0.15) is 0 Å². The molecule has 1 N–H and O–H groups in total. The molecule has 1 aromatic carbocycles. The first kappa shape index (κ1) is 19.5. The van der Waals surface area contributed by atoms with E-state index in [0.29, 0.717) is 18.2 Å². The Bertz CT molecular complexity index is 944. The van der Waals surface area contributed by atoms with Crippen LogP contribution in [0.15, 0.2) is 39.4 Å². The van der Waals surface area contributed by atoms with Crippen LogP contribution >= 0.6 is 0 Å². The van der Waals surface area contributed by atoms with Crippen LogP contribution in [0.5, 0.6) is 0 Å². The molecule has 0 amide bonds. The summed E-state index contributed by atoms with van der Waals surface area (Å²) in [4.78, 5) is 3.74. The molecule has 154 valence electrons. The van der Waals surface area contributed by atoms with Gasteiger partial charge in [-0.15, -0.1) is 0 Å². The van der Waals surface area contributed by atoms with Crippen molar-refractivity contribution in [2.45, 2.75) is 57.3 Å². The SMILES string of the molecule is CC(F)(F)c1nc(CCCCCNc2cccc(-c3cc(C4CC4)no3)c2)no1. The predicted molar refractivity (Wildman–Crippen MR) is 104 cm³/mol. The average Bonchev–Trinajstić information content (AvgIpc) is 3.22. The first-order valence-corrected chi connectivity index (χ1v) is 10.0. The lowest BCUT2D eigenvalue weighted by molar-refractivity contribution is -0.0158.